The molecule has 1 fully saturated rings. The van der Waals surface area contributed by atoms with Crippen molar-refractivity contribution < 1.29 is 19.3 Å². The molecule has 0 heterocycles. The average molecular weight is 418 g/mol. The first-order chi connectivity index (χ1) is 15.0. The third-order valence-electron chi connectivity index (χ3n) is 6.04. The van der Waals surface area contributed by atoms with Crippen molar-refractivity contribution in [3.05, 3.63) is 98.1 Å². The fourth-order valence-electron chi connectivity index (χ4n) is 4.65. The van der Waals surface area contributed by atoms with Crippen LogP contribution in [0.1, 0.15) is 35.8 Å². The maximum atomic E-state index is 10.9. The Bertz CT molecular complexity index is 1160. The highest BCUT2D eigenvalue weighted by Crippen LogP contribution is 2.55. The van der Waals surface area contributed by atoms with Crippen LogP contribution < -0.4 is 9.47 Å². The van der Waals surface area contributed by atoms with Crippen molar-refractivity contribution in [2.45, 2.75) is 30.8 Å². The number of benzene rings is 3. The Morgan fingerprint density at radius 3 is 1.77 bits per heavy atom. The third-order valence-corrected chi connectivity index (χ3v) is 6.04. The van der Waals surface area contributed by atoms with Crippen LogP contribution in [-0.2, 0) is 0 Å². The van der Waals surface area contributed by atoms with Crippen LogP contribution >= 0.6 is 0 Å². The van der Waals surface area contributed by atoms with Crippen molar-refractivity contribution in [3.63, 3.8) is 0 Å². The van der Waals surface area contributed by atoms with Gasteiger partial charge in [0.1, 0.15) is 23.4 Å². The van der Waals surface area contributed by atoms with Gasteiger partial charge in [-0.05, 0) is 60.4 Å². The second-order valence-electron chi connectivity index (χ2n) is 7.77. The number of hydrogen-bond donors (Lipinski definition) is 0. The molecule has 0 aromatic heterocycles. The summed E-state index contributed by atoms with van der Waals surface area (Å²) in [6.45, 7) is 0. The van der Waals surface area contributed by atoms with Crippen LogP contribution in [0.2, 0.25) is 0 Å². The molecule has 2 aliphatic rings. The summed E-state index contributed by atoms with van der Waals surface area (Å²) in [7, 11) is 0. The molecule has 3 unspecified atom stereocenters. The summed E-state index contributed by atoms with van der Waals surface area (Å²) >= 11 is 0. The van der Waals surface area contributed by atoms with Crippen LogP contribution in [0.4, 0.5) is 11.4 Å². The number of hydrogen-bond acceptors (Lipinski definition) is 6. The van der Waals surface area contributed by atoms with Crippen LogP contribution in [0.15, 0.2) is 66.7 Å². The van der Waals surface area contributed by atoms with Crippen molar-refractivity contribution in [1.82, 2.24) is 0 Å². The molecule has 0 N–H and O–H groups in total. The SMILES string of the molecule is O=[N+]([O-])c1ccc(Oc2ccc3c(c2)C2CCC3C2Oc2ccc([N+](=O)[O-])cc2)cc1. The number of nitro benzene ring substituents is 2. The predicted octanol–water partition coefficient (Wildman–Crippen LogP) is 5.72. The molecule has 3 atom stereocenters. The van der Waals surface area contributed by atoms with Gasteiger partial charge in [0.05, 0.1) is 9.85 Å². The van der Waals surface area contributed by atoms with E-state index in [1.165, 1.54) is 35.4 Å². The van der Waals surface area contributed by atoms with E-state index in [0.717, 1.165) is 12.8 Å². The van der Waals surface area contributed by atoms with E-state index in [4.69, 9.17) is 9.47 Å². The van der Waals surface area contributed by atoms with E-state index in [9.17, 15) is 20.2 Å². The van der Waals surface area contributed by atoms with Gasteiger partial charge < -0.3 is 9.47 Å². The number of fused-ring (bicyclic) bond motifs is 5. The monoisotopic (exact) mass is 418 g/mol. The minimum absolute atomic E-state index is 0.00826. The summed E-state index contributed by atoms with van der Waals surface area (Å²) in [6, 6.07) is 18.2. The molecule has 0 saturated heterocycles. The second-order valence-corrected chi connectivity index (χ2v) is 7.77. The summed E-state index contributed by atoms with van der Waals surface area (Å²) < 4.78 is 12.2. The molecule has 8 heteroatoms. The number of nitro groups is 2. The predicted molar refractivity (Wildman–Crippen MR) is 112 cm³/mol. The first-order valence-corrected chi connectivity index (χ1v) is 9.97. The Kier molecular flexibility index (Phi) is 4.54. The zero-order chi connectivity index (χ0) is 21.5. The summed E-state index contributed by atoms with van der Waals surface area (Å²) in [5.41, 5.74) is 2.50. The Labute approximate surface area is 177 Å². The third kappa shape index (κ3) is 3.46. The molecule has 1 saturated carbocycles. The molecule has 31 heavy (non-hydrogen) atoms. The molecule has 2 bridgehead atoms. The minimum atomic E-state index is -0.443. The molecule has 3 aromatic carbocycles. The molecule has 5 rings (SSSR count). The van der Waals surface area contributed by atoms with E-state index in [0.29, 0.717) is 17.2 Å². The summed E-state index contributed by atoms with van der Waals surface area (Å²) in [6.07, 6.45) is 2.04. The van der Waals surface area contributed by atoms with E-state index >= 15 is 0 Å². The lowest BCUT2D eigenvalue weighted by atomic mass is 9.92. The quantitative estimate of drug-likeness (QED) is 0.375. The van der Waals surface area contributed by atoms with E-state index in [1.807, 2.05) is 12.1 Å². The van der Waals surface area contributed by atoms with Gasteiger partial charge >= 0.3 is 0 Å². The minimum Gasteiger partial charge on any atom is -0.489 e. The van der Waals surface area contributed by atoms with Crippen molar-refractivity contribution in [3.8, 4) is 17.2 Å². The fourth-order valence-corrected chi connectivity index (χ4v) is 4.65. The zero-order valence-corrected chi connectivity index (χ0v) is 16.3. The van der Waals surface area contributed by atoms with Crippen molar-refractivity contribution in [2.75, 3.05) is 0 Å². The lowest BCUT2D eigenvalue weighted by molar-refractivity contribution is -0.385. The molecule has 3 aromatic rings. The number of ether oxygens (including phenoxy) is 2. The van der Waals surface area contributed by atoms with Crippen molar-refractivity contribution >= 4 is 11.4 Å². The van der Waals surface area contributed by atoms with Crippen LogP contribution in [0, 0.1) is 20.2 Å². The fraction of sp³-hybridized carbons (Fsp3) is 0.217. The van der Waals surface area contributed by atoms with Crippen LogP contribution in [0.3, 0.4) is 0 Å². The van der Waals surface area contributed by atoms with Gasteiger partial charge in [0.2, 0.25) is 0 Å². The standard InChI is InChI=1S/C23H18N2O6/c26-24(27)14-1-5-16(6-2-14)30-18-9-10-19-20-11-12-21(22(19)13-18)23(20)31-17-7-3-15(4-8-17)25(28)29/h1-10,13,20-21,23H,11-12H2. The molecular weight excluding hydrogens is 400 g/mol. The molecule has 0 aliphatic heterocycles. The normalized spacial score (nSPS) is 20.8. The second kappa shape index (κ2) is 7.39. The van der Waals surface area contributed by atoms with Crippen molar-refractivity contribution in [1.29, 1.82) is 0 Å². The smallest absolute Gasteiger partial charge is 0.269 e. The maximum Gasteiger partial charge on any atom is 0.269 e. The van der Waals surface area contributed by atoms with E-state index in [-0.39, 0.29) is 29.3 Å². The Morgan fingerprint density at radius 2 is 1.19 bits per heavy atom. The van der Waals surface area contributed by atoms with E-state index in [1.54, 1.807) is 24.3 Å². The molecular formula is C23H18N2O6. The maximum absolute atomic E-state index is 10.9. The van der Waals surface area contributed by atoms with E-state index < -0.39 is 9.85 Å². The Hall–Kier alpha value is -3.94. The van der Waals surface area contributed by atoms with Crippen molar-refractivity contribution in [2.24, 2.45) is 0 Å². The first-order valence-electron chi connectivity index (χ1n) is 9.97. The molecule has 2 aliphatic carbocycles. The molecule has 0 spiro atoms. The van der Waals surface area contributed by atoms with E-state index in [2.05, 4.69) is 6.07 Å². The van der Waals surface area contributed by atoms with Crippen LogP contribution in [0.25, 0.3) is 0 Å². The summed E-state index contributed by atoms with van der Waals surface area (Å²) in [5.74, 6) is 2.35. The van der Waals surface area contributed by atoms with Gasteiger partial charge in [0.15, 0.2) is 0 Å². The largest absolute Gasteiger partial charge is 0.489 e. The Balaban J connectivity index is 1.33. The van der Waals surface area contributed by atoms with Gasteiger partial charge in [0.25, 0.3) is 11.4 Å². The zero-order valence-electron chi connectivity index (χ0n) is 16.3. The lowest BCUT2D eigenvalue weighted by Crippen LogP contribution is -2.19. The lowest BCUT2D eigenvalue weighted by Gasteiger charge is -2.18. The topological polar surface area (TPSA) is 105 Å². The number of rotatable bonds is 6. The van der Waals surface area contributed by atoms with Crippen LogP contribution in [-0.4, -0.2) is 16.0 Å². The summed E-state index contributed by atoms with van der Waals surface area (Å²) in [4.78, 5) is 20.8. The molecule has 156 valence electrons. The van der Waals surface area contributed by atoms with Gasteiger partial charge in [-0.1, -0.05) is 6.07 Å². The molecule has 0 radical (unpaired) electrons. The number of non-ortho nitro benzene ring substituents is 2. The van der Waals surface area contributed by atoms with Gasteiger partial charge in [-0.3, -0.25) is 20.2 Å². The molecule has 0 amide bonds. The molecule has 8 nitrogen and oxygen atoms in total. The van der Waals surface area contributed by atoms with Gasteiger partial charge in [-0.25, -0.2) is 0 Å². The van der Waals surface area contributed by atoms with Crippen LogP contribution in [0.5, 0.6) is 17.2 Å². The average Bonchev–Trinajstić information content (AvgIpc) is 3.29. The van der Waals surface area contributed by atoms with Gasteiger partial charge in [-0.15, -0.1) is 0 Å². The van der Waals surface area contributed by atoms with Gasteiger partial charge in [-0.2, -0.15) is 0 Å². The van der Waals surface area contributed by atoms with Gasteiger partial charge in [0, 0.05) is 36.1 Å². The highest BCUT2D eigenvalue weighted by molar-refractivity contribution is 5.49. The first kappa shape index (κ1) is 19.0. The number of nitrogens with zero attached hydrogens (tertiary/aromatic N) is 2. The highest BCUT2D eigenvalue weighted by Gasteiger charge is 2.47. The summed E-state index contributed by atoms with van der Waals surface area (Å²) in [5, 5.41) is 21.7. The highest BCUT2D eigenvalue weighted by atomic mass is 16.6. The Morgan fingerprint density at radius 1 is 0.677 bits per heavy atom.